The van der Waals surface area contributed by atoms with E-state index in [1.807, 2.05) is 22.4 Å². The predicted octanol–water partition coefficient (Wildman–Crippen LogP) is 3.29. The Morgan fingerprint density at radius 1 is 1.30 bits per heavy atom. The summed E-state index contributed by atoms with van der Waals surface area (Å²) in [6.07, 6.45) is 6.04. The number of benzene rings is 1. The summed E-state index contributed by atoms with van der Waals surface area (Å²) in [5, 5.41) is 5.99. The van der Waals surface area contributed by atoms with Gasteiger partial charge >= 0.3 is 0 Å². The molecule has 1 fully saturated rings. The van der Waals surface area contributed by atoms with E-state index in [4.69, 9.17) is 0 Å². The average Bonchev–Trinajstić information content (AvgIpc) is 3.26. The van der Waals surface area contributed by atoms with Gasteiger partial charge in [-0.1, -0.05) is 19.1 Å². The lowest BCUT2D eigenvalue weighted by Gasteiger charge is -2.30. The molecule has 2 heterocycles. The second-order valence-electron chi connectivity index (χ2n) is 8.57. The topological polar surface area (TPSA) is 88.6 Å². The van der Waals surface area contributed by atoms with Crippen LogP contribution in [0.25, 0.3) is 10.6 Å². The molecule has 1 aromatic carbocycles. The van der Waals surface area contributed by atoms with Gasteiger partial charge in [0.25, 0.3) is 0 Å². The Labute approximate surface area is 203 Å². The molecule has 1 N–H and O–H groups in total. The molecule has 2 unspecified atom stereocenters. The van der Waals surface area contributed by atoms with E-state index in [9.17, 15) is 13.6 Å². The number of aromatic nitrogens is 1. The minimum Gasteiger partial charge on any atom is -0.768 e. The number of amides is 1. The molecule has 1 amide bonds. The van der Waals surface area contributed by atoms with Crippen LogP contribution in [0.1, 0.15) is 45.1 Å². The molecule has 33 heavy (non-hydrogen) atoms. The molecule has 0 saturated carbocycles. The monoisotopic (exact) mass is 491 g/mol. The molecular formula is C24H35N4O3S2-. The highest BCUT2D eigenvalue weighted by Gasteiger charge is 2.18. The van der Waals surface area contributed by atoms with E-state index in [1.54, 1.807) is 12.3 Å². The van der Waals surface area contributed by atoms with Crippen molar-refractivity contribution < 1.29 is 13.6 Å². The van der Waals surface area contributed by atoms with Crippen molar-refractivity contribution in [3.63, 3.8) is 0 Å². The molecule has 2 aromatic rings. The number of thiazole rings is 1. The Balaban J connectivity index is 1.58. The Morgan fingerprint density at radius 2 is 2.15 bits per heavy atom. The van der Waals surface area contributed by atoms with E-state index in [-0.39, 0.29) is 11.9 Å². The highest BCUT2D eigenvalue weighted by Crippen LogP contribution is 2.27. The molecule has 2 atom stereocenters. The lowest BCUT2D eigenvalue weighted by molar-refractivity contribution is -0.130. The van der Waals surface area contributed by atoms with E-state index >= 15 is 0 Å². The lowest BCUT2D eigenvalue weighted by Crippen LogP contribution is -2.37. The van der Waals surface area contributed by atoms with E-state index in [0.29, 0.717) is 17.7 Å². The van der Waals surface area contributed by atoms with Gasteiger partial charge in [0.2, 0.25) is 5.91 Å². The first-order valence-corrected chi connectivity index (χ1v) is 13.8. The molecule has 0 aliphatic carbocycles. The van der Waals surface area contributed by atoms with Crippen LogP contribution in [-0.4, -0.2) is 74.8 Å². The van der Waals surface area contributed by atoms with Gasteiger partial charge in [0.05, 0.1) is 0 Å². The molecule has 1 aliphatic heterocycles. The molecule has 0 spiro atoms. The van der Waals surface area contributed by atoms with Crippen molar-refractivity contribution in [2.24, 2.45) is 0 Å². The third-order valence-electron chi connectivity index (χ3n) is 6.13. The first-order chi connectivity index (χ1) is 16.0. The lowest BCUT2D eigenvalue weighted by atomic mass is 10.0. The molecular weight excluding hydrogens is 456 g/mol. The third-order valence-corrected chi connectivity index (χ3v) is 7.69. The SMILES string of the molecule is CCCN(CCCCN1CCNCCC1=O)C(C)Cc1ccc(-c2nccs2)cc1S(=O)[O-]. The minimum absolute atomic E-state index is 0.224. The average molecular weight is 492 g/mol. The van der Waals surface area contributed by atoms with E-state index in [2.05, 4.69) is 29.0 Å². The molecule has 1 aliphatic rings. The van der Waals surface area contributed by atoms with Crippen molar-refractivity contribution in [2.45, 2.75) is 56.9 Å². The number of nitrogens with one attached hydrogen (secondary N) is 1. The van der Waals surface area contributed by atoms with Crippen molar-refractivity contribution in [3.05, 3.63) is 35.3 Å². The molecule has 1 aromatic heterocycles. The molecule has 7 nitrogen and oxygen atoms in total. The molecule has 0 bridgehead atoms. The predicted molar refractivity (Wildman–Crippen MR) is 133 cm³/mol. The van der Waals surface area contributed by atoms with Crippen LogP contribution >= 0.6 is 11.3 Å². The van der Waals surface area contributed by atoms with Gasteiger partial charge in [-0.05, 0) is 68.4 Å². The first-order valence-electron chi connectivity index (χ1n) is 11.8. The molecule has 1 saturated heterocycles. The Kier molecular flexibility index (Phi) is 10.5. The zero-order chi connectivity index (χ0) is 23.6. The number of carbonyl (C=O) groups is 1. The summed E-state index contributed by atoms with van der Waals surface area (Å²) in [6.45, 7) is 9.51. The van der Waals surface area contributed by atoms with E-state index < -0.39 is 11.1 Å². The van der Waals surface area contributed by atoms with Crippen molar-refractivity contribution >= 4 is 28.3 Å². The standard InChI is InChI=1S/C24H36N4O3S2/c1-3-12-27(13-4-5-14-28-15-10-25-9-8-23(28)29)19(2)17-20-6-7-21(18-22(20)33(30)31)24-26-11-16-32-24/h6-7,11,16,18-19,25H,3-5,8-10,12-15,17H2,1-2H3,(H,30,31)/p-1. The number of carbonyl (C=O) groups excluding carboxylic acids is 1. The minimum atomic E-state index is -2.29. The van der Waals surface area contributed by atoms with Crippen LogP contribution in [0.5, 0.6) is 0 Å². The van der Waals surface area contributed by atoms with Crippen LogP contribution in [0.2, 0.25) is 0 Å². The normalized spacial score (nSPS) is 16.7. The highest BCUT2D eigenvalue weighted by atomic mass is 32.2. The second kappa shape index (κ2) is 13.3. The van der Waals surface area contributed by atoms with Crippen LogP contribution in [0.4, 0.5) is 0 Å². The van der Waals surface area contributed by atoms with E-state index in [1.165, 1.54) is 11.3 Å². The van der Waals surface area contributed by atoms with Crippen LogP contribution in [0.3, 0.4) is 0 Å². The molecule has 0 radical (unpaired) electrons. The van der Waals surface area contributed by atoms with Gasteiger partial charge in [-0.2, -0.15) is 0 Å². The number of nitrogens with zero attached hydrogens (tertiary/aromatic N) is 3. The van der Waals surface area contributed by atoms with Gasteiger partial charge in [0.1, 0.15) is 5.01 Å². The summed E-state index contributed by atoms with van der Waals surface area (Å²) in [5.74, 6) is 0.248. The zero-order valence-electron chi connectivity index (χ0n) is 19.6. The second-order valence-corrected chi connectivity index (χ2v) is 10.4. The van der Waals surface area contributed by atoms with Crippen LogP contribution in [0, 0.1) is 0 Å². The maximum absolute atomic E-state index is 12.2. The van der Waals surface area contributed by atoms with Gasteiger partial charge in [-0.3, -0.25) is 9.00 Å². The van der Waals surface area contributed by atoms with Crippen molar-refractivity contribution in [1.29, 1.82) is 0 Å². The fourth-order valence-corrected chi connectivity index (χ4v) is 5.56. The fraction of sp³-hybridized carbons (Fsp3) is 0.583. The van der Waals surface area contributed by atoms with Gasteiger partial charge in [0, 0.05) is 60.7 Å². The largest absolute Gasteiger partial charge is 0.768 e. The van der Waals surface area contributed by atoms with Gasteiger partial charge in [-0.15, -0.1) is 11.3 Å². The summed E-state index contributed by atoms with van der Waals surface area (Å²) in [6, 6.07) is 5.86. The first kappa shape index (κ1) is 26.0. The van der Waals surface area contributed by atoms with Crippen LogP contribution < -0.4 is 5.32 Å². The Morgan fingerprint density at radius 3 is 2.88 bits per heavy atom. The Bertz CT molecular complexity index is 907. The number of rotatable bonds is 12. The number of unbranched alkanes of at least 4 members (excludes halogenated alkanes) is 1. The summed E-state index contributed by atoms with van der Waals surface area (Å²) in [5.41, 5.74) is 1.68. The summed E-state index contributed by atoms with van der Waals surface area (Å²) in [7, 11) is 0. The van der Waals surface area contributed by atoms with Crippen LogP contribution in [0.15, 0.2) is 34.7 Å². The fourth-order valence-electron chi connectivity index (χ4n) is 4.34. The smallest absolute Gasteiger partial charge is 0.223 e. The van der Waals surface area contributed by atoms with Crippen molar-refractivity contribution in [2.75, 3.05) is 39.3 Å². The summed E-state index contributed by atoms with van der Waals surface area (Å²) < 4.78 is 23.9. The van der Waals surface area contributed by atoms with Gasteiger partial charge < -0.3 is 19.7 Å². The number of hydrogen-bond donors (Lipinski definition) is 1. The highest BCUT2D eigenvalue weighted by molar-refractivity contribution is 7.79. The summed E-state index contributed by atoms with van der Waals surface area (Å²) in [4.78, 5) is 21.2. The van der Waals surface area contributed by atoms with E-state index in [0.717, 1.165) is 74.7 Å². The van der Waals surface area contributed by atoms with Crippen molar-refractivity contribution in [3.8, 4) is 10.6 Å². The quantitative estimate of drug-likeness (QED) is 0.362. The van der Waals surface area contributed by atoms with Gasteiger partial charge in [0.15, 0.2) is 0 Å². The summed E-state index contributed by atoms with van der Waals surface area (Å²) >= 11 is -0.793. The number of hydrogen-bond acceptors (Lipinski definition) is 7. The molecule has 3 rings (SSSR count). The van der Waals surface area contributed by atoms with Crippen LogP contribution in [-0.2, 0) is 22.3 Å². The zero-order valence-corrected chi connectivity index (χ0v) is 21.3. The van der Waals surface area contributed by atoms with Crippen molar-refractivity contribution in [1.82, 2.24) is 20.1 Å². The third kappa shape index (κ3) is 7.68. The molecule has 182 valence electrons. The molecule has 9 heteroatoms. The maximum Gasteiger partial charge on any atom is 0.223 e. The van der Waals surface area contributed by atoms with Gasteiger partial charge in [-0.25, -0.2) is 4.98 Å². The Hall–Kier alpha value is -1.65. The maximum atomic E-state index is 12.2.